The highest BCUT2D eigenvalue weighted by Crippen LogP contribution is 2.24. The zero-order valence-electron chi connectivity index (χ0n) is 14.3. The molecule has 3 rings (SSSR count). The van der Waals surface area contributed by atoms with Crippen molar-refractivity contribution in [1.29, 1.82) is 0 Å². The summed E-state index contributed by atoms with van der Waals surface area (Å²) < 4.78 is 5.46. The summed E-state index contributed by atoms with van der Waals surface area (Å²) in [7, 11) is 0. The lowest BCUT2D eigenvalue weighted by atomic mass is 10.1. The van der Waals surface area contributed by atoms with E-state index >= 15 is 0 Å². The van der Waals surface area contributed by atoms with Crippen LogP contribution in [-0.2, 0) is 16.0 Å². The van der Waals surface area contributed by atoms with Gasteiger partial charge in [-0.3, -0.25) is 19.8 Å². The maximum atomic E-state index is 12.9. The van der Waals surface area contributed by atoms with Gasteiger partial charge in [-0.15, -0.1) is 0 Å². The van der Waals surface area contributed by atoms with E-state index in [4.69, 9.17) is 16.6 Å². The largest absolute Gasteiger partial charge is 0.466 e. The van der Waals surface area contributed by atoms with E-state index in [-0.39, 0.29) is 10.7 Å². The predicted molar refractivity (Wildman–Crippen MR) is 100 cm³/mol. The van der Waals surface area contributed by atoms with Crippen LogP contribution in [0.4, 0.5) is 5.69 Å². The Morgan fingerprint density at radius 2 is 1.88 bits per heavy atom. The lowest BCUT2D eigenvalue weighted by Gasteiger charge is -2.29. The van der Waals surface area contributed by atoms with Gasteiger partial charge in [-0.2, -0.15) is 0 Å². The molecule has 0 bridgehead atoms. The molecule has 1 N–H and O–H groups in total. The Morgan fingerprint density at radius 1 is 1.20 bits per heavy atom. The van der Waals surface area contributed by atoms with Crippen LogP contribution in [0.15, 0.2) is 40.3 Å². The lowest BCUT2D eigenvalue weighted by Crippen LogP contribution is -2.54. The number of anilines is 1. The Morgan fingerprint density at radius 3 is 2.44 bits per heavy atom. The molecule has 6 heteroatoms. The highest BCUT2D eigenvalue weighted by atomic mass is 32.1. The number of rotatable bonds is 3. The van der Waals surface area contributed by atoms with Gasteiger partial charge in [0.05, 0.1) is 5.69 Å². The van der Waals surface area contributed by atoms with Crippen LogP contribution >= 0.6 is 12.2 Å². The molecule has 0 radical (unpaired) electrons. The molecule has 1 aromatic heterocycles. The molecule has 0 atom stereocenters. The molecule has 1 fully saturated rings. The molecule has 0 unspecified atom stereocenters. The predicted octanol–water partition coefficient (Wildman–Crippen LogP) is 3.29. The van der Waals surface area contributed by atoms with Crippen molar-refractivity contribution < 1.29 is 14.0 Å². The van der Waals surface area contributed by atoms with Gasteiger partial charge in [-0.25, -0.2) is 0 Å². The Labute approximate surface area is 151 Å². The standard InChI is InChI=1S/C19H18N2O3S/c1-4-13-5-7-15(8-6-13)21-18(23)16(17(22)20-19(21)25)10-14-9-11(2)24-12(14)3/h5-10H,4H2,1-3H3,(H,20,22,25)/b16-10+. The van der Waals surface area contributed by atoms with Gasteiger partial charge in [-0.1, -0.05) is 19.1 Å². The van der Waals surface area contributed by atoms with Gasteiger partial charge in [0, 0.05) is 5.56 Å². The summed E-state index contributed by atoms with van der Waals surface area (Å²) >= 11 is 5.20. The molecule has 128 valence electrons. The van der Waals surface area contributed by atoms with Gasteiger partial charge >= 0.3 is 0 Å². The third kappa shape index (κ3) is 3.25. The average molecular weight is 354 g/mol. The van der Waals surface area contributed by atoms with Gasteiger partial charge in [0.1, 0.15) is 17.1 Å². The number of aryl methyl sites for hydroxylation is 3. The number of thiocarbonyl (C=S) groups is 1. The Bertz CT molecular complexity index is 894. The summed E-state index contributed by atoms with van der Waals surface area (Å²) in [6.07, 6.45) is 2.44. The van der Waals surface area contributed by atoms with Crippen LogP contribution in [0.25, 0.3) is 6.08 Å². The van der Waals surface area contributed by atoms with Crippen LogP contribution < -0.4 is 10.2 Å². The fourth-order valence-corrected chi connectivity index (χ4v) is 3.00. The van der Waals surface area contributed by atoms with Gasteiger partial charge in [-0.05, 0) is 62.3 Å². The molecule has 25 heavy (non-hydrogen) atoms. The van der Waals surface area contributed by atoms with Crippen molar-refractivity contribution in [1.82, 2.24) is 5.32 Å². The second kappa shape index (κ2) is 6.64. The van der Waals surface area contributed by atoms with Crippen molar-refractivity contribution in [3.05, 3.63) is 58.6 Å². The number of hydrogen-bond acceptors (Lipinski definition) is 4. The minimum absolute atomic E-state index is 0.0251. The number of nitrogens with zero attached hydrogens (tertiary/aromatic N) is 1. The normalized spacial score (nSPS) is 16.5. The molecule has 1 aliphatic heterocycles. The molecule has 2 aromatic rings. The number of benzene rings is 1. The zero-order valence-corrected chi connectivity index (χ0v) is 15.1. The van der Waals surface area contributed by atoms with E-state index in [1.54, 1.807) is 19.1 Å². The summed E-state index contributed by atoms with van der Waals surface area (Å²) in [6.45, 7) is 5.66. The minimum Gasteiger partial charge on any atom is -0.466 e. The quantitative estimate of drug-likeness (QED) is 0.522. The monoisotopic (exact) mass is 354 g/mol. The molecular weight excluding hydrogens is 336 g/mol. The number of amides is 2. The second-order valence-corrected chi connectivity index (χ2v) is 6.23. The molecule has 0 saturated carbocycles. The van der Waals surface area contributed by atoms with Crippen LogP contribution in [-0.4, -0.2) is 16.9 Å². The third-order valence-corrected chi connectivity index (χ3v) is 4.37. The smallest absolute Gasteiger partial charge is 0.270 e. The summed E-state index contributed by atoms with van der Waals surface area (Å²) in [5, 5.41) is 2.66. The van der Waals surface area contributed by atoms with Crippen LogP contribution in [0.5, 0.6) is 0 Å². The molecule has 1 aliphatic rings. The molecular formula is C19H18N2O3S. The molecule has 2 heterocycles. The van der Waals surface area contributed by atoms with Gasteiger partial charge < -0.3 is 4.42 Å². The van der Waals surface area contributed by atoms with Crippen LogP contribution in [0.2, 0.25) is 0 Å². The number of nitrogens with one attached hydrogen (secondary N) is 1. The SMILES string of the molecule is CCc1ccc(N2C(=O)/C(=C/c3cc(C)oc3C)C(=O)NC2=S)cc1. The van der Waals surface area contributed by atoms with Crippen LogP contribution in [0, 0.1) is 13.8 Å². The third-order valence-electron chi connectivity index (χ3n) is 4.08. The maximum absolute atomic E-state index is 12.9. The Hall–Kier alpha value is -2.73. The van der Waals surface area contributed by atoms with Gasteiger partial charge in [0.2, 0.25) is 0 Å². The molecule has 1 saturated heterocycles. The Kier molecular flexibility index (Phi) is 4.55. The molecule has 1 aromatic carbocycles. The second-order valence-electron chi connectivity index (χ2n) is 5.85. The van der Waals surface area contributed by atoms with E-state index in [9.17, 15) is 9.59 Å². The first-order valence-corrected chi connectivity index (χ1v) is 8.39. The van der Waals surface area contributed by atoms with Crippen molar-refractivity contribution in [3.63, 3.8) is 0 Å². The first-order valence-electron chi connectivity index (χ1n) is 7.98. The molecule has 0 aliphatic carbocycles. The highest BCUT2D eigenvalue weighted by molar-refractivity contribution is 7.80. The number of carbonyl (C=O) groups is 2. The van der Waals surface area contributed by atoms with Crippen molar-refractivity contribution >= 4 is 40.9 Å². The topological polar surface area (TPSA) is 62.6 Å². The first kappa shape index (κ1) is 17.1. The summed E-state index contributed by atoms with van der Waals surface area (Å²) in [6, 6.07) is 9.32. The number of hydrogen-bond donors (Lipinski definition) is 1. The lowest BCUT2D eigenvalue weighted by molar-refractivity contribution is -0.122. The molecule has 0 spiro atoms. The number of carbonyl (C=O) groups excluding carboxylic acids is 2. The van der Waals surface area contributed by atoms with Crippen molar-refractivity contribution in [2.45, 2.75) is 27.2 Å². The average Bonchev–Trinajstić information content (AvgIpc) is 2.89. The fourth-order valence-electron chi connectivity index (χ4n) is 2.72. The van der Waals surface area contributed by atoms with E-state index in [1.165, 1.54) is 4.90 Å². The fraction of sp³-hybridized carbons (Fsp3) is 0.211. The Balaban J connectivity index is 2.00. The molecule has 5 nitrogen and oxygen atoms in total. The zero-order chi connectivity index (χ0) is 18.1. The van der Waals surface area contributed by atoms with Crippen molar-refractivity contribution in [2.24, 2.45) is 0 Å². The summed E-state index contributed by atoms with van der Waals surface area (Å²) in [5.41, 5.74) is 2.50. The highest BCUT2D eigenvalue weighted by Gasteiger charge is 2.34. The van der Waals surface area contributed by atoms with Gasteiger partial charge in [0.15, 0.2) is 5.11 Å². The summed E-state index contributed by atoms with van der Waals surface area (Å²) in [4.78, 5) is 26.5. The van der Waals surface area contributed by atoms with E-state index < -0.39 is 11.8 Å². The van der Waals surface area contributed by atoms with Crippen molar-refractivity contribution in [2.75, 3.05) is 4.90 Å². The van der Waals surface area contributed by atoms with E-state index in [1.807, 2.05) is 31.2 Å². The number of furan rings is 1. The van der Waals surface area contributed by atoms with Crippen LogP contribution in [0.1, 0.15) is 29.6 Å². The first-order chi connectivity index (χ1) is 11.9. The van der Waals surface area contributed by atoms with Gasteiger partial charge in [0.25, 0.3) is 11.8 Å². The van der Waals surface area contributed by atoms with E-state index in [0.29, 0.717) is 17.0 Å². The summed E-state index contributed by atoms with van der Waals surface area (Å²) in [5.74, 6) is 0.416. The van der Waals surface area contributed by atoms with E-state index in [2.05, 4.69) is 12.2 Å². The molecule has 2 amide bonds. The maximum Gasteiger partial charge on any atom is 0.270 e. The van der Waals surface area contributed by atoms with E-state index in [0.717, 1.165) is 17.7 Å². The minimum atomic E-state index is -0.505. The van der Waals surface area contributed by atoms with Crippen LogP contribution in [0.3, 0.4) is 0 Å². The van der Waals surface area contributed by atoms with Crippen molar-refractivity contribution in [3.8, 4) is 0 Å².